The van der Waals surface area contributed by atoms with E-state index in [0.29, 0.717) is 0 Å². The topological polar surface area (TPSA) is 30.1 Å². The van der Waals surface area contributed by atoms with E-state index >= 15 is 0 Å². The number of rotatable bonds is 3. The molecule has 0 bridgehead atoms. The molecule has 0 amide bonds. The predicted octanol–water partition coefficient (Wildman–Crippen LogP) is 14.0. The van der Waals surface area contributed by atoms with Gasteiger partial charge in [-0.15, -0.1) is 11.3 Å². The number of hydrogen-bond donors (Lipinski definition) is 1. The lowest BCUT2D eigenvalue weighted by Crippen LogP contribution is -2.37. The van der Waals surface area contributed by atoms with E-state index in [9.17, 15) is 0 Å². The van der Waals surface area contributed by atoms with Crippen LogP contribution in [0.4, 0.5) is 11.4 Å². The van der Waals surface area contributed by atoms with E-state index in [0.717, 1.165) is 38.9 Å². The van der Waals surface area contributed by atoms with Crippen molar-refractivity contribution in [3.8, 4) is 27.9 Å². The minimum absolute atomic E-state index is 0.0706. The van der Waals surface area contributed by atoms with E-state index in [-0.39, 0.29) is 10.8 Å². The molecule has 0 atom stereocenters. The zero-order chi connectivity index (χ0) is 40.2. The van der Waals surface area contributed by atoms with Crippen molar-refractivity contribution in [2.45, 2.75) is 45.4 Å². The van der Waals surface area contributed by atoms with E-state index in [1.807, 2.05) is 17.4 Å². The van der Waals surface area contributed by atoms with Gasteiger partial charge in [0.1, 0.15) is 11.2 Å². The van der Waals surface area contributed by atoms with Gasteiger partial charge in [-0.3, -0.25) is 0 Å². The van der Waals surface area contributed by atoms with Crippen LogP contribution < -0.4 is 16.2 Å². The normalized spacial score (nSPS) is 14.0. The van der Waals surface area contributed by atoms with Crippen molar-refractivity contribution in [3.63, 3.8) is 0 Å². The molecule has 3 nitrogen and oxygen atoms in total. The van der Waals surface area contributed by atoms with Gasteiger partial charge in [0.2, 0.25) is 0 Å². The van der Waals surface area contributed by atoms with Crippen molar-refractivity contribution in [1.82, 2.24) is 4.57 Å². The molecule has 0 saturated carbocycles. The number of para-hydroxylation sites is 1. The molecule has 8 aromatic carbocycles. The van der Waals surface area contributed by atoms with Crippen LogP contribution in [0.15, 0.2) is 150 Å². The van der Waals surface area contributed by atoms with E-state index in [1.165, 1.54) is 92.0 Å². The standard InChI is InChI=1S/C55H40BN2OS/c1-54(2,3)30-18-20-31(21-19-30)57-45-26-40-33-13-7-10-16-48(33)59-49(40)27-38(45)35-22-23-36-39-24-41-34-14-8-11-17-50(34)60-51(41)29-46(39)58-47-28-43-37(25-44(47)56-52(35)53(36)58)32-12-6-9-15-42(32)55(43,4)5/h6-29,57H,1-5H3. The summed E-state index contributed by atoms with van der Waals surface area (Å²) in [4.78, 5) is 0. The van der Waals surface area contributed by atoms with Gasteiger partial charge < -0.3 is 14.3 Å². The summed E-state index contributed by atoms with van der Waals surface area (Å²) in [6, 6.07) is 54.2. The Bertz CT molecular complexity index is 3670. The van der Waals surface area contributed by atoms with Crippen molar-refractivity contribution < 1.29 is 4.42 Å². The summed E-state index contributed by atoms with van der Waals surface area (Å²) < 4.78 is 11.8. The Labute approximate surface area is 353 Å². The molecule has 1 aliphatic carbocycles. The van der Waals surface area contributed by atoms with Crippen LogP contribution in [-0.2, 0) is 10.8 Å². The molecule has 2 aliphatic rings. The maximum Gasteiger partial charge on any atom is 0.197 e. The van der Waals surface area contributed by atoms with Gasteiger partial charge in [0.25, 0.3) is 0 Å². The maximum absolute atomic E-state index is 6.61. The number of anilines is 2. The van der Waals surface area contributed by atoms with Crippen molar-refractivity contribution >= 4 is 105 Å². The van der Waals surface area contributed by atoms with Crippen LogP contribution in [-0.4, -0.2) is 11.8 Å². The predicted molar refractivity (Wildman–Crippen MR) is 257 cm³/mol. The lowest BCUT2D eigenvalue weighted by atomic mass is 9.58. The van der Waals surface area contributed by atoms with Gasteiger partial charge >= 0.3 is 0 Å². The molecule has 11 aromatic rings. The first-order valence-corrected chi connectivity index (χ1v) is 21.8. The van der Waals surface area contributed by atoms with E-state index in [4.69, 9.17) is 4.42 Å². The molecule has 0 saturated heterocycles. The summed E-state index contributed by atoms with van der Waals surface area (Å²) in [5, 5.41) is 11.3. The Balaban J connectivity index is 1.11. The number of nitrogens with zero attached hydrogens (tertiary/aromatic N) is 1. The van der Waals surface area contributed by atoms with Gasteiger partial charge in [-0.1, -0.05) is 131 Å². The highest BCUT2D eigenvalue weighted by atomic mass is 32.1. The van der Waals surface area contributed by atoms with Crippen LogP contribution in [0, 0.1) is 0 Å². The molecule has 60 heavy (non-hydrogen) atoms. The first kappa shape index (κ1) is 34.3. The van der Waals surface area contributed by atoms with Gasteiger partial charge in [-0.05, 0) is 98.9 Å². The van der Waals surface area contributed by atoms with Crippen molar-refractivity contribution in [2.75, 3.05) is 5.32 Å². The Hall–Kier alpha value is -6.56. The third-order valence-electron chi connectivity index (χ3n) is 13.6. The fourth-order valence-electron chi connectivity index (χ4n) is 10.5. The Kier molecular flexibility index (Phi) is 6.75. The molecule has 0 spiro atoms. The second-order valence-corrected chi connectivity index (χ2v) is 19.5. The Morgan fingerprint density at radius 3 is 2.22 bits per heavy atom. The molecule has 1 aliphatic heterocycles. The van der Waals surface area contributed by atoms with Gasteiger partial charge in [0.05, 0.1) is 5.52 Å². The molecule has 3 aromatic heterocycles. The third-order valence-corrected chi connectivity index (χ3v) is 14.7. The van der Waals surface area contributed by atoms with Gasteiger partial charge in [0.15, 0.2) is 7.28 Å². The Morgan fingerprint density at radius 1 is 0.583 bits per heavy atom. The number of benzene rings is 8. The van der Waals surface area contributed by atoms with Crippen molar-refractivity contribution in [2.24, 2.45) is 0 Å². The molecule has 1 radical (unpaired) electrons. The average molecular weight is 788 g/mol. The van der Waals surface area contributed by atoms with Gasteiger partial charge in [-0.25, -0.2) is 0 Å². The lowest BCUT2D eigenvalue weighted by Gasteiger charge is -2.27. The smallest absolute Gasteiger partial charge is 0.197 e. The van der Waals surface area contributed by atoms with Gasteiger partial charge in [0, 0.05) is 75.3 Å². The molecule has 5 heteroatoms. The highest BCUT2D eigenvalue weighted by Crippen LogP contribution is 2.50. The van der Waals surface area contributed by atoms with E-state index in [2.05, 4.69) is 191 Å². The number of aromatic nitrogens is 1. The second kappa shape index (κ2) is 11.8. The molecule has 1 N–H and O–H groups in total. The highest BCUT2D eigenvalue weighted by Gasteiger charge is 2.38. The molecule has 0 unspecified atom stereocenters. The fraction of sp³-hybridized carbons (Fsp3) is 0.127. The molecular weight excluding hydrogens is 747 g/mol. The number of hydrogen-bond acceptors (Lipinski definition) is 3. The minimum Gasteiger partial charge on any atom is -0.456 e. The zero-order valence-electron chi connectivity index (χ0n) is 34.2. The summed E-state index contributed by atoms with van der Waals surface area (Å²) in [5.41, 5.74) is 19.0. The second-order valence-electron chi connectivity index (χ2n) is 18.4. The number of nitrogens with one attached hydrogen (secondary N) is 1. The lowest BCUT2D eigenvalue weighted by molar-refractivity contribution is 0.590. The molecule has 13 rings (SSSR count). The average Bonchev–Trinajstić information content (AvgIpc) is 3.96. The van der Waals surface area contributed by atoms with Crippen LogP contribution >= 0.6 is 11.3 Å². The fourth-order valence-corrected chi connectivity index (χ4v) is 11.6. The van der Waals surface area contributed by atoms with Gasteiger partial charge in [-0.2, -0.15) is 0 Å². The monoisotopic (exact) mass is 787 g/mol. The number of furan rings is 1. The highest BCUT2D eigenvalue weighted by molar-refractivity contribution is 7.25. The van der Waals surface area contributed by atoms with E-state index < -0.39 is 0 Å². The largest absolute Gasteiger partial charge is 0.456 e. The van der Waals surface area contributed by atoms with Crippen molar-refractivity contribution in [1.29, 1.82) is 0 Å². The summed E-state index contributed by atoms with van der Waals surface area (Å²) in [6.07, 6.45) is 0. The van der Waals surface area contributed by atoms with Crippen LogP contribution in [0.1, 0.15) is 51.3 Å². The summed E-state index contributed by atoms with van der Waals surface area (Å²) >= 11 is 1.89. The quantitative estimate of drug-likeness (QED) is 0.181. The summed E-state index contributed by atoms with van der Waals surface area (Å²) in [5.74, 6) is 0. The first-order valence-electron chi connectivity index (χ1n) is 21.0. The summed E-state index contributed by atoms with van der Waals surface area (Å²) in [6.45, 7) is 11.6. The van der Waals surface area contributed by atoms with E-state index in [1.54, 1.807) is 0 Å². The maximum atomic E-state index is 6.61. The number of thiophene rings is 1. The van der Waals surface area contributed by atoms with Crippen LogP contribution in [0.3, 0.4) is 0 Å². The minimum atomic E-state index is -0.114. The first-order chi connectivity index (χ1) is 29.1. The van der Waals surface area contributed by atoms with Crippen LogP contribution in [0.2, 0.25) is 0 Å². The van der Waals surface area contributed by atoms with Crippen LogP contribution in [0.5, 0.6) is 0 Å². The van der Waals surface area contributed by atoms with Crippen LogP contribution in [0.25, 0.3) is 91.9 Å². The Morgan fingerprint density at radius 2 is 1.37 bits per heavy atom. The summed E-state index contributed by atoms with van der Waals surface area (Å²) in [7, 11) is 2.46. The third kappa shape index (κ3) is 4.67. The van der Waals surface area contributed by atoms with Crippen molar-refractivity contribution in [3.05, 3.63) is 162 Å². The molecule has 0 fully saturated rings. The molecule has 4 heterocycles. The number of fused-ring (bicyclic) bond motifs is 14. The molecule has 285 valence electrons. The zero-order valence-corrected chi connectivity index (χ0v) is 35.0. The molecular formula is C55H40BN2OS. The SMILES string of the molecule is CC(C)(C)c1ccc(Nc2cc3c(cc2-c2ccc4c5cc6c(cc5n5c4c2[B]c2cc4c(cc2-5)C(C)(C)c2ccccc2-4)sc2ccccc26)oc2ccccc23)cc1.